The number of aromatic nitrogens is 3. The Bertz CT molecular complexity index is 551. The largest absolute Gasteiger partial charge is 0.467 e. The molecule has 0 bridgehead atoms. The lowest BCUT2D eigenvalue weighted by Gasteiger charge is -2.08. The Kier molecular flexibility index (Phi) is 4.70. The van der Waals surface area contributed by atoms with Gasteiger partial charge in [-0.15, -0.1) is 0 Å². The zero-order chi connectivity index (χ0) is 14.4. The minimum atomic E-state index is 0.294. The summed E-state index contributed by atoms with van der Waals surface area (Å²) in [5, 5.41) is 6.06. The fraction of sp³-hybridized carbons (Fsp3) is 0.357. The van der Waals surface area contributed by atoms with Crippen molar-refractivity contribution in [3.8, 4) is 6.01 Å². The molecule has 0 unspecified atom stereocenters. The van der Waals surface area contributed by atoms with Crippen molar-refractivity contribution in [2.24, 2.45) is 0 Å². The normalized spacial score (nSPS) is 10.2. The van der Waals surface area contributed by atoms with Crippen LogP contribution < -0.4 is 15.4 Å². The average molecular weight is 273 g/mol. The average Bonchev–Trinajstić information content (AvgIpc) is 2.47. The summed E-state index contributed by atoms with van der Waals surface area (Å²) in [5.74, 6) is 0.990. The molecular weight excluding hydrogens is 254 g/mol. The van der Waals surface area contributed by atoms with Gasteiger partial charge in [-0.3, -0.25) is 0 Å². The van der Waals surface area contributed by atoms with Crippen LogP contribution >= 0.6 is 0 Å². The molecule has 1 aromatic heterocycles. The van der Waals surface area contributed by atoms with Gasteiger partial charge in [0.25, 0.3) is 0 Å². The molecule has 2 rings (SSSR count). The van der Waals surface area contributed by atoms with Gasteiger partial charge < -0.3 is 15.4 Å². The highest BCUT2D eigenvalue weighted by Gasteiger charge is 2.05. The fourth-order valence-corrected chi connectivity index (χ4v) is 1.82. The maximum atomic E-state index is 5.04. The number of methoxy groups -OCH3 is 1. The highest BCUT2D eigenvalue weighted by Crippen LogP contribution is 2.10. The third kappa shape index (κ3) is 3.81. The summed E-state index contributed by atoms with van der Waals surface area (Å²) in [6.07, 6.45) is 0.907. The molecule has 2 aromatic rings. The van der Waals surface area contributed by atoms with Crippen LogP contribution in [-0.2, 0) is 6.42 Å². The van der Waals surface area contributed by atoms with Crippen LogP contribution in [0.15, 0.2) is 24.3 Å². The van der Waals surface area contributed by atoms with Crippen LogP contribution in [-0.4, -0.2) is 35.7 Å². The molecule has 0 atom stereocenters. The van der Waals surface area contributed by atoms with Crippen LogP contribution in [0.25, 0.3) is 0 Å². The molecule has 0 saturated carbocycles. The number of ether oxygens (including phenoxy) is 1. The molecule has 0 fully saturated rings. The smallest absolute Gasteiger partial charge is 0.322 e. The highest BCUT2D eigenvalue weighted by molar-refractivity contribution is 5.35. The minimum Gasteiger partial charge on any atom is -0.467 e. The van der Waals surface area contributed by atoms with Crippen molar-refractivity contribution >= 4 is 11.9 Å². The number of benzene rings is 1. The SMILES string of the molecule is CNc1nc(NCCc2cccc(C)c2)nc(OC)n1. The van der Waals surface area contributed by atoms with E-state index in [9.17, 15) is 0 Å². The van der Waals surface area contributed by atoms with Gasteiger partial charge in [-0.25, -0.2) is 0 Å². The Morgan fingerprint density at radius 3 is 2.65 bits per heavy atom. The molecule has 6 nitrogen and oxygen atoms in total. The molecule has 0 radical (unpaired) electrons. The Balaban J connectivity index is 1.96. The molecule has 106 valence electrons. The van der Waals surface area contributed by atoms with Gasteiger partial charge in [-0.2, -0.15) is 15.0 Å². The molecular formula is C14H19N5O. The van der Waals surface area contributed by atoms with E-state index < -0.39 is 0 Å². The van der Waals surface area contributed by atoms with E-state index in [4.69, 9.17) is 4.74 Å². The highest BCUT2D eigenvalue weighted by atomic mass is 16.5. The first-order valence-electron chi connectivity index (χ1n) is 6.48. The van der Waals surface area contributed by atoms with E-state index in [2.05, 4.69) is 56.8 Å². The Hall–Kier alpha value is -2.37. The Labute approximate surface area is 118 Å². The molecule has 1 heterocycles. The van der Waals surface area contributed by atoms with Crippen LogP contribution in [0, 0.1) is 6.92 Å². The van der Waals surface area contributed by atoms with Crippen LogP contribution in [0.5, 0.6) is 6.01 Å². The second-order valence-electron chi connectivity index (χ2n) is 4.39. The number of anilines is 2. The van der Waals surface area contributed by atoms with Crippen molar-refractivity contribution in [2.45, 2.75) is 13.3 Å². The van der Waals surface area contributed by atoms with Crippen molar-refractivity contribution in [1.82, 2.24) is 15.0 Å². The van der Waals surface area contributed by atoms with Gasteiger partial charge in [0.1, 0.15) is 0 Å². The van der Waals surface area contributed by atoms with Crippen molar-refractivity contribution in [2.75, 3.05) is 31.3 Å². The second-order valence-corrected chi connectivity index (χ2v) is 4.39. The molecule has 0 amide bonds. The van der Waals surface area contributed by atoms with Gasteiger partial charge in [0.05, 0.1) is 7.11 Å². The van der Waals surface area contributed by atoms with Crippen molar-refractivity contribution < 1.29 is 4.74 Å². The molecule has 20 heavy (non-hydrogen) atoms. The van der Waals surface area contributed by atoms with Gasteiger partial charge in [0.2, 0.25) is 11.9 Å². The molecule has 2 N–H and O–H groups in total. The summed E-state index contributed by atoms with van der Waals surface area (Å²) in [6.45, 7) is 2.84. The first kappa shape index (κ1) is 14.0. The number of hydrogen-bond donors (Lipinski definition) is 2. The van der Waals surface area contributed by atoms with Crippen molar-refractivity contribution in [3.05, 3.63) is 35.4 Å². The first-order chi connectivity index (χ1) is 9.71. The number of nitrogens with one attached hydrogen (secondary N) is 2. The summed E-state index contributed by atoms with van der Waals surface area (Å²) in [4.78, 5) is 12.4. The van der Waals surface area contributed by atoms with Gasteiger partial charge in [0, 0.05) is 13.6 Å². The molecule has 0 aliphatic carbocycles. The van der Waals surface area contributed by atoms with Crippen molar-refractivity contribution in [1.29, 1.82) is 0 Å². The Morgan fingerprint density at radius 2 is 1.95 bits per heavy atom. The number of hydrogen-bond acceptors (Lipinski definition) is 6. The Morgan fingerprint density at radius 1 is 1.15 bits per heavy atom. The first-order valence-corrected chi connectivity index (χ1v) is 6.48. The van der Waals surface area contributed by atoms with E-state index in [-0.39, 0.29) is 0 Å². The number of rotatable bonds is 6. The molecule has 0 aliphatic heterocycles. The van der Waals surface area contributed by atoms with Crippen LogP contribution in [0.1, 0.15) is 11.1 Å². The summed E-state index contributed by atoms with van der Waals surface area (Å²) in [6, 6.07) is 8.74. The quantitative estimate of drug-likeness (QED) is 0.837. The molecule has 0 saturated heterocycles. The minimum absolute atomic E-state index is 0.294. The number of nitrogens with zero attached hydrogens (tertiary/aromatic N) is 3. The monoisotopic (exact) mass is 273 g/mol. The molecule has 1 aromatic carbocycles. The lowest BCUT2D eigenvalue weighted by Crippen LogP contribution is -2.11. The summed E-state index contributed by atoms with van der Waals surface area (Å²) < 4.78 is 5.04. The topological polar surface area (TPSA) is 72.0 Å². The molecule has 0 spiro atoms. The zero-order valence-electron chi connectivity index (χ0n) is 12.0. The van der Waals surface area contributed by atoms with E-state index in [1.54, 1.807) is 7.05 Å². The molecule has 0 aliphatic rings. The van der Waals surface area contributed by atoms with Crippen LogP contribution in [0.3, 0.4) is 0 Å². The standard InChI is InChI=1S/C14H19N5O/c1-10-5-4-6-11(9-10)7-8-16-13-17-12(15-2)18-14(19-13)20-3/h4-6,9H,7-8H2,1-3H3,(H2,15,16,17,18,19). The van der Waals surface area contributed by atoms with E-state index in [0.29, 0.717) is 17.9 Å². The summed E-state index contributed by atoms with van der Waals surface area (Å²) >= 11 is 0. The predicted octanol–water partition coefficient (Wildman–Crippen LogP) is 1.88. The lowest BCUT2D eigenvalue weighted by atomic mass is 10.1. The van der Waals surface area contributed by atoms with E-state index in [1.807, 2.05) is 0 Å². The molecule has 6 heteroatoms. The van der Waals surface area contributed by atoms with Crippen LogP contribution in [0.4, 0.5) is 11.9 Å². The maximum Gasteiger partial charge on any atom is 0.322 e. The van der Waals surface area contributed by atoms with Gasteiger partial charge >= 0.3 is 6.01 Å². The third-order valence-electron chi connectivity index (χ3n) is 2.80. The fourth-order valence-electron chi connectivity index (χ4n) is 1.82. The number of aryl methyl sites for hydroxylation is 1. The third-order valence-corrected chi connectivity index (χ3v) is 2.80. The van der Waals surface area contributed by atoms with E-state index >= 15 is 0 Å². The zero-order valence-corrected chi connectivity index (χ0v) is 12.0. The van der Waals surface area contributed by atoms with E-state index in [1.165, 1.54) is 18.2 Å². The summed E-state index contributed by atoms with van der Waals surface area (Å²) in [5.41, 5.74) is 2.55. The van der Waals surface area contributed by atoms with Gasteiger partial charge in [0.15, 0.2) is 0 Å². The maximum absolute atomic E-state index is 5.04. The van der Waals surface area contributed by atoms with Gasteiger partial charge in [-0.05, 0) is 18.9 Å². The van der Waals surface area contributed by atoms with Crippen molar-refractivity contribution in [3.63, 3.8) is 0 Å². The predicted molar refractivity (Wildman–Crippen MR) is 79.3 cm³/mol. The lowest BCUT2D eigenvalue weighted by molar-refractivity contribution is 0.379. The van der Waals surface area contributed by atoms with E-state index in [0.717, 1.165) is 13.0 Å². The second kappa shape index (κ2) is 6.70. The van der Waals surface area contributed by atoms with Crippen LogP contribution in [0.2, 0.25) is 0 Å². The van der Waals surface area contributed by atoms with Gasteiger partial charge in [-0.1, -0.05) is 29.8 Å². The summed E-state index contributed by atoms with van der Waals surface area (Å²) in [7, 11) is 3.29.